The Morgan fingerprint density at radius 2 is 1.39 bits per heavy atom. The van der Waals surface area contributed by atoms with Gasteiger partial charge in [-0.15, -0.1) is 0 Å². The van der Waals surface area contributed by atoms with Crippen LogP contribution in [0.1, 0.15) is 35.6 Å². The van der Waals surface area contributed by atoms with Gasteiger partial charge in [-0.05, 0) is 67.8 Å². The van der Waals surface area contributed by atoms with E-state index in [4.69, 9.17) is 11.6 Å². The number of rotatable bonds is 13. The van der Waals surface area contributed by atoms with Crippen LogP contribution in [-0.4, -0.2) is 44.3 Å². The number of aryl methyl sites for hydroxylation is 2. The van der Waals surface area contributed by atoms with Crippen LogP contribution in [0.25, 0.3) is 0 Å². The molecule has 0 aliphatic rings. The summed E-state index contributed by atoms with van der Waals surface area (Å²) in [6, 6.07) is 29.1. The normalized spacial score (nSPS) is 11.9. The third-order valence-electron chi connectivity index (χ3n) is 7.30. The van der Waals surface area contributed by atoms with Crippen LogP contribution in [-0.2, 0) is 32.6 Å². The maximum absolute atomic E-state index is 14.4. The second-order valence-corrected chi connectivity index (χ2v) is 13.1. The van der Waals surface area contributed by atoms with Crippen molar-refractivity contribution >= 4 is 39.1 Å². The van der Waals surface area contributed by atoms with Crippen molar-refractivity contribution in [2.45, 2.75) is 51.1 Å². The molecule has 230 valence electrons. The first-order chi connectivity index (χ1) is 21.1. The van der Waals surface area contributed by atoms with Crippen LogP contribution in [0.5, 0.6) is 0 Å². The van der Waals surface area contributed by atoms with Gasteiger partial charge < -0.3 is 10.2 Å². The number of nitrogens with one attached hydrogen (secondary N) is 1. The summed E-state index contributed by atoms with van der Waals surface area (Å²) in [5, 5.41) is 3.49. The van der Waals surface area contributed by atoms with Crippen LogP contribution in [0, 0.1) is 13.8 Å². The van der Waals surface area contributed by atoms with Crippen LogP contribution in [0.4, 0.5) is 5.69 Å². The molecule has 0 aliphatic heterocycles. The largest absolute Gasteiger partial charge is 0.354 e. The minimum absolute atomic E-state index is 0.0715. The van der Waals surface area contributed by atoms with E-state index in [2.05, 4.69) is 5.32 Å². The highest BCUT2D eigenvalue weighted by molar-refractivity contribution is 7.92. The van der Waals surface area contributed by atoms with E-state index in [0.717, 1.165) is 33.0 Å². The number of amides is 2. The van der Waals surface area contributed by atoms with E-state index >= 15 is 0 Å². The van der Waals surface area contributed by atoms with E-state index in [9.17, 15) is 18.0 Å². The molecule has 0 aromatic heterocycles. The Morgan fingerprint density at radius 1 is 0.795 bits per heavy atom. The second-order valence-electron chi connectivity index (χ2n) is 10.8. The SMILES string of the molecule is CCCNC(=O)[C@H](Cc1ccccc1)N(Cc1ccc(Cl)cc1)C(=O)CN(c1ccc(C)cc1)S(=O)(=O)c1ccc(C)cc1. The van der Waals surface area contributed by atoms with Gasteiger partial charge in [-0.1, -0.05) is 96.4 Å². The Labute approximate surface area is 265 Å². The van der Waals surface area contributed by atoms with Gasteiger partial charge in [0.15, 0.2) is 0 Å². The number of nitrogens with zero attached hydrogens (tertiary/aromatic N) is 2. The average molecular weight is 632 g/mol. The molecule has 1 atom stereocenters. The van der Waals surface area contributed by atoms with E-state index in [1.807, 2.05) is 51.1 Å². The van der Waals surface area contributed by atoms with Gasteiger partial charge >= 0.3 is 0 Å². The molecule has 44 heavy (non-hydrogen) atoms. The molecule has 2 amide bonds. The topological polar surface area (TPSA) is 86.8 Å². The summed E-state index contributed by atoms with van der Waals surface area (Å²) in [6.45, 7) is 5.77. The summed E-state index contributed by atoms with van der Waals surface area (Å²) in [4.78, 5) is 29.7. The fourth-order valence-electron chi connectivity index (χ4n) is 4.78. The Balaban J connectivity index is 1.78. The van der Waals surface area contributed by atoms with Crippen LogP contribution < -0.4 is 9.62 Å². The van der Waals surface area contributed by atoms with Gasteiger partial charge in [0.05, 0.1) is 10.6 Å². The molecule has 7 nitrogen and oxygen atoms in total. The van der Waals surface area contributed by atoms with Gasteiger partial charge in [0.25, 0.3) is 10.0 Å². The minimum Gasteiger partial charge on any atom is -0.354 e. The quantitative estimate of drug-likeness (QED) is 0.187. The monoisotopic (exact) mass is 631 g/mol. The molecule has 4 rings (SSSR count). The summed E-state index contributed by atoms with van der Waals surface area (Å²) in [5.41, 5.74) is 3.85. The molecule has 0 bridgehead atoms. The summed E-state index contributed by atoms with van der Waals surface area (Å²) in [5.74, 6) is -0.815. The highest BCUT2D eigenvalue weighted by atomic mass is 35.5. The zero-order valence-electron chi connectivity index (χ0n) is 25.2. The Morgan fingerprint density at radius 3 is 1.98 bits per heavy atom. The molecule has 0 radical (unpaired) electrons. The van der Waals surface area contributed by atoms with Gasteiger partial charge in [-0.2, -0.15) is 0 Å². The van der Waals surface area contributed by atoms with Crippen molar-refractivity contribution in [1.82, 2.24) is 10.2 Å². The number of sulfonamides is 1. The first kappa shape index (κ1) is 32.8. The van der Waals surface area contributed by atoms with Gasteiger partial charge in [-0.3, -0.25) is 13.9 Å². The highest BCUT2D eigenvalue weighted by Gasteiger charge is 2.34. The summed E-state index contributed by atoms with van der Waals surface area (Å²) in [7, 11) is -4.14. The van der Waals surface area contributed by atoms with E-state index in [-0.39, 0.29) is 23.8 Å². The van der Waals surface area contributed by atoms with Crippen molar-refractivity contribution in [2.24, 2.45) is 0 Å². The van der Waals surface area contributed by atoms with Crippen LogP contribution in [0.2, 0.25) is 5.02 Å². The predicted octanol–water partition coefficient (Wildman–Crippen LogP) is 6.32. The number of hydrogen-bond donors (Lipinski definition) is 1. The fourth-order valence-corrected chi connectivity index (χ4v) is 6.32. The molecule has 0 saturated carbocycles. The summed E-state index contributed by atoms with van der Waals surface area (Å²) in [6.07, 6.45) is 0.982. The van der Waals surface area contributed by atoms with Gasteiger partial charge in [0.2, 0.25) is 11.8 Å². The van der Waals surface area contributed by atoms with Gasteiger partial charge in [-0.25, -0.2) is 8.42 Å². The molecule has 0 fully saturated rings. The van der Waals surface area contributed by atoms with Crippen LogP contribution >= 0.6 is 11.6 Å². The van der Waals surface area contributed by atoms with Crippen LogP contribution in [0.3, 0.4) is 0 Å². The lowest BCUT2D eigenvalue weighted by Crippen LogP contribution is -2.53. The number of benzene rings is 4. The first-order valence-corrected chi connectivity index (χ1v) is 16.4. The van der Waals surface area contributed by atoms with Gasteiger partial charge in [0.1, 0.15) is 12.6 Å². The van der Waals surface area contributed by atoms with Crippen LogP contribution in [0.15, 0.2) is 108 Å². The van der Waals surface area contributed by atoms with E-state index in [1.54, 1.807) is 60.7 Å². The minimum atomic E-state index is -4.14. The maximum atomic E-state index is 14.4. The standard InChI is InChI=1S/C35H38ClN3O4S/c1-4-22-37-35(41)33(23-28-8-6-5-7-9-28)38(24-29-14-16-30(36)17-15-29)34(40)25-39(31-18-10-26(2)11-19-31)44(42,43)32-20-12-27(3)13-21-32/h5-21,33H,4,22-25H2,1-3H3,(H,37,41)/t33-/m0/s1. The molecule has 0 aliphatic carbocycles. The van der Waals surface area contributed by atoms with Crippen molar-refractivity contribution in [2.75, 3.05) is 17.4 Å². The lowest BCUT2D eigenvalue weighted by atomic mass is 10.0. The Bertz CT molecular complexity index is 1640. The average Bonchev–Trinajstić information content (AvgIpc) is 3.02. The van der Waals surface area contributed by atoms with Crippen molar-refractivity contribution < 1.29 is 18.0 Å². The number of hydrogen-bond acceptors (Lipinski definition) is 4. The lowest BCUT2D eigenvalue weighted by Gasteiger charge is -2.34. The molecule has 0 saturated heterocycles. The van der Waals surface area contributed by atoms with Crippen molar-refractivity contribution in [1.29, 1.82) is 0 Å². The molecular weight excluding hydrogens is 594 g/mol. The predicted molar refractivity (Wildman–Crippen MR) is 176 cm³/mol. The third-order valence-corrected chi connectivity index (χ3v) is 9.34. The Hall–Kier alpha value is -4.14. The lowest BCUT2D eigenvalue weighted by molar-refractivity contribution is -0.140. The van der Waals surface area contributed by atoms with E-state index in [0.29, 0.717) is 17.3 Å². The van der Waals surface area contributed by atoms with Crippen molar-refractivity contribution in [3.63, 3.8) is 0 Å². The first-order valence-electron chi connectivity index (χ1n) is 14.6. The number of carbonyl (C=O) groups is 2. The molecular formula is C35H38ClN3O4S. The molecule has 1 N–H and O–H groups in total. The highest BCUT2D eigenvalue weighted by Crippen LogP contribution is 2.26. The van der Waals surface area contributed by atoms with E-state index in [1.165, 1.54) is 17.0 Å². The van der Waals surface area contributed by atoms with Crippen molar-refractivity contribution in [3.8, 4) is 0 Å². The molecule has 0 unspecified atom stereocenters. The summed E-state index contributed by atoms with van der Waals surface area (Å²) < 4.78 is 29.3. The molecule has 0 spiro atoms. The maximum Gasteiger partial charge on any atom is 0.264 e. The molecule has 4 aromatic rings. The number of anilines is 1. The fraction of sp³-hybridized carbons (Fsp3) is 0.257. The third kappa shape index (κ3) is 8.49. The number of carbonyl (C=O) groups excluding carboxylic acids is 2. The van der Waals surface area contributed by atoms with Crippen molar-refractivity contribution in [3.05, 3.63) is 130 Å². The Kier molecular flexibility index (Phi) is 11.2. The zero-order valence-corrected chi connectivity index (χ0v) is 26.8. The zero-order chi connectivity index (χ0) is 31.7. The summed E-state index contributed by atoms with van der Waals surface area (Å²) >= 11 is 6.14. The van der Waals surface area contributed by atoms with Gasteiger partial charge in [0, 0.05) is 24.5 Å². The molecule has 9 heteroatoms. The molecule has 0 heterocycles. The number of halogens is 1. The smallest absolute Gasteiger partial charge is 0.264 e. The van der Waals surface area contributed by atoms with E-state index < -0.39 is 28.5 Å². The second kappa shape index (κ2) is 15.0. The molecule has 4 aromatic carbocycles.